The average Bonchev–Trinajstić information content (AvgIpc) is 2.47. The van der Waals surface area contributed by atoms with Gasteiger partial charge in [-0.3, -0.25) is 0 Å². The number of rotatable bonds is 3. The maximum atomic E-state index is 6.21. The lowest BCUT2D eigenvalue weighted by atomic mass is 10.0. The molecule has 1 aromatic carbocycles. The van der Waals surface area contributed by atoms with Crippen molar-refractivity contribution in [2.75, 3.05) is 18.0 Å². The Balaban J connectivity index is 2.24. The van der Waals surface area contributed by atoms with E-state index in [0.29, 0.717) is 0 Å². The third-order valence-electron chi connectivity index (χ3n) is 3.40. The molecule has 0 saturated heterocycles. The molecule has 1 unspecified atom stereocenters. The van der Waals surface area contributed by atoms with Crippen LogP contribution in [0, 0.1) is 0 Å². The van der Waals surface area contributed by atoms with Crippen LogP contribution in [0.4, 0.5) is 5.69 Å². The summed E-state index contributed by atoms with van der Waals surface area (Å²) in [5, 5.41) is 0. The normalized spacial score (nSPS) is 20.4. The molecule has 2 rings (SSSR count). The molecule has 0 amide bonds. The van der Waals surface area contributed by atoms with Gasteiger partial charge in [-0.2, -0.15) is 0 Å². The molecule has 2 nitrogen and oxygen atoms in total. The fraction of sp³-hybridized carbons (Fsp3) is 0.571. The van der Waals surface area contributed by atoms with Gasteiger partial charge >= 0.3 is 0 Å². The molecule has 0 saturated carbocycles. The van der Waals surface area contributed by atoms with E-state index in [0.717, 1.165) is 13.0 Å². The van der Waals surface area contributed by atoms with Gasteiger partial charge in [0.25, 0.3) is 0 Å². The van der Waals surface area contributed by atoms with Gasteiger partial charge in [0, 0.05) is 24.8 Å². The highest BCUT2D eigenvalue weighted by molar-refractivity contribution is 5.55. The van der Waals surface area contributed by atoms with Crippen molar-refractivity contribution in [3.05, 3.63) is 29.8 Å². The van der Waals surface area contributed by atoms with E-state index < -0.39 is 0 Å². The van der Waals surface area contributed by atoms with E-state index in [1.807, 2.05) is 0 Å². The van der Waals surface area contributed by atoms with Gasteiger partial charge in [-0.05, 0) is 30.9 Å². The van der Waals surface area contributed by atoms with E-state index in [1.54, 1.807) is 0 Å². The van der Waals surface area contributed by atoms with Crippen LogP contribution in [-0.4, -0.2) is 13.1 Å². The molecular weight excluding hydrogens is 196 g/mol. The number of fused-ring (bicyclic) bond motifs is 1. The van der Waals surface area contributed by atoms with Gasteiger partial charge in [-0.1, -0.05) is 31.5 Å². The lowest BCUT2D eigenvalue weighted by Crippen LogP contribution is -2.25. The zero-order valence-electron chi connectivity index (χ0n) is 10.2. The first kappa shape index (κ1) is 11.5. The highest BCUT2D eigenvalue weighted by atomic mass is 15.1. The lowest BCUT2D eigenvalue weighted by molar-refractivity contribution is 0.621. The maximum Gasteiger partial charge on any atom is 0.0414 e. The van der Waals surface area contributed by atoms with Gasteiger partial charge in [0.05, 0.1) is 0 Å². The summed E-state index contributed by atoms with van der Waals surface area (Å²) in [6.07, 6.45) is 4.84. The van der Waals surface area contributed by atoms with Crippen molar-refractivity contribution in [1.29, 1.82) is 0 Å². The van der Waals surface area contributed by atoms with Crippen LogP contribution >= 0.6 is 0 Å². The molecule has 0 aliphatic carbocycles. The van der Waals surface area contributed by atoms with Crippen LogP contribution in [0.1, 0.15) is 44.2 Å². The van der Waals surface area contributed by atoms with Crippen LogP contribution in [0.2, 0.25) is 0 Å². The monoisotopic (exact) mass is 218 g/mol. The summed E-state index contributed by atoms with van der Waals surface area (Å²) in [6, 6.07) is 8.85. The van der Waals surface area contributed by atoms with Crippen LogP contribution in [0.3, 0.4) is 0 Å². The Morgan fingerprint density at radius 2 is 2.19 bits per heavy atom. The molecule has 2 heteroatoms. The zero-order chi connectivity index (χ0) is 11.4. The number of nitrogens with two attached hydrogens (primary N) is 1. The quantitative estimate of drug-likeness (QED) is 0.844. The molecule has 16 heavy (non-hydrogen) atoms. The van der Waals surface area contributed by atoms with Crippen molar-refractivity contribution in [3.8, 4) is 0 Å². The van der Waals surface area contributed by atoms with Crippen LogP contribution in [-0.2, 0) is 0 Å². The van der Waals surface area contributed by atoms with Crippen molar-refractivity contribution in [2.45, 2.75) is 38.6 Å². The summed E-state index contributed by atoms with van der Waals surface area (Å²) in [7, 11) is 0. The van der Waals surface area contributed by atoms with Crippen LogP contribution < -0.4 is 10.6 Å². The van der Waals surface area contributed by atoms with Crippen molar-refractivity contribution in [3.63, 3.8) is 0 Å². The van der Waals surface area contributed by atoms with Gasteiger partial charge in [-0.25, -0.2) is 0 Å². The Labute approximate surface area is 98.4 Å². The first-order valence-corrected chi connectivity index (χ1v) is 6.42. The van der Waals surface area contributed by atoms with Crippen molar-refractivity contribution < 1.29 is 0 Å². The Morgan fingerprint density at radius 1 is 1.38 bits per heavy atom. The molecule has 1 aliphatic heterocycles. The standard InChI is InChI=1S/C14H22N2/c1-2-3-10-16-11-6-8-13(15)12-7-4-5-9-14(12)16/h4-5,7,9,13H,2-3,6,8,10-11,15H2,1H3. The summed E-state index contributed by atoms with van der Waals surface area (Å²) >= 11 is 0. The highest BCUT2D eigenvalue weighted by Gasteiger charge is 2.19. The van der Waals surface area contributed by atoms with Crippen LogP contribution in [0.15, 0.2) is 24.3 Å². The van der Waals surface area contributed by atoms with Crippen molar-refractivity contribution in [1.82, 2.24) is 0 Å². The predicted molar refractivity (Wildman–Crippen MR) is 69.7 cm³/mol. The highest BCUT2D eigenvalue weighted by Crippen LogP contribution is 2.31. The molecule has 88 valence electrons. The van der Waals surface area contributed by atoms with E-state index >= 15 is 0 Å². The maximum absolute atomic E-state index is 6.21. The molecule has 1 heterocycles. The van der Waals surface area contributed by atoms with E-state index in [2.05, 4.69) is 36.1 Å². The molecule has 1 aromatic rings. The van der Waals surface area contributed by atoms with Gasteiger partial charge in [-0.15, -0.1) is 0 Å². The summed E-state index contributed by atoms with van der Waals surface area (Å²) in [5.41, 5.74) is 8.90. The minimum Gasteiger partial charge on any atom is -0.371 e. The molecule has 0 bridgehead atoms. The second kappa shape index (κ2) is 5.35. The van der Waals surface area contributed by atoms with Crippen molar-refractivity contribution in [2.24, 2.45) is 5.73 Å². The Hall–Kier alpha value is -1.02. The average molecular weight is 218 g/mol. The van der Waals surface area contributed by atoms with Gasteiger partial charge in [0.2, 0.25) is 0 Å². The first-order chi connectivity index (χ1) is 7.83. The molecular formula is C14H22N2. The van der Waals surface area contributed by atoms with Crippen LogP contribution in [0.25, 0.3) is 0 Å². The summed E-state index contributed by atoms with van der Waals surface area (Å²) in [5.74, 6) is 0. The number of nitrogens with zero attached hydrogens (tertiary/aromatic N) is 1. The Bertz CT molecular complexity index is 335. The van der Waals surface area contributed by atoms with Crippen LogP contribution in [0.5, 0.6) is 0 Å². The smallest absolute Gasteiger partial charge is 0.0414 e. The number of anilines is 1. The van der Waals surface area contributed by atoms with E-state index in [4.69, 9.17) is 5.73 Å². The fourth-order valence-corrected chi connectivity index (χ4v) is 2.45. The molecule has 2 N–H and O–H groups in total. The van der Waals surface area contributed by atoms with Gasteiger partial charge in [0.1, 0.15) is 0 Å². The summed E-state index contributed by atoms with van der Waals surface area (Å²) in [4.78, 5) is 2.51. The van der Waals surface area contributed by atoms with E-state index in [1.165, 1.54) is 37.1 Å². The molecule has 1 aliphatic rings. The Morgan fingerprint density at radius 3 is 3.00 bits per heavy atom. The van der Waals surface area contributed by atoms with E-state index in [-0.39, 0.29) is 6.04 Å². The zero-order valence-corrected chi connectivity index (χ0v) is 10.2. The van der Waals surface area contributed by atoms with Crippen molar-refractivity contribution >= 4 is 5.69 Å². The minimum absolute atomic E-state index is 0.225. The lowest BCUT2D eigenvalue weighted by Gasteiger charge is -2.25. The number of hydrogen-bond acceptors (Lipinski definition) is 2. The number of para-hydroxylation sites is 1. The fourth-order valence-electron chi connectivity index (χ4n) is 2.45. The summed E-state index contributed by atoms with van der Waals surface area (Å²) < 4.78 is 0. The second-order valence-electron chi connectivity index (χ2n) is 4.65. The molecule has 1 atom stereocenters. The summed E-state index contributed by atoms with van der Waals surface area (Å²) in [6.45, 7) is 4.57. The number of unbranched alkanes of at least 4 members (excludes halogenated alkanes) is 1. The molecule has 0 spiro atoms. The predicted octanol–water partition coefficient (Wildman–Crippen LogP) is 3.09. The van der Waals surface area contributed by atoms with Gasteiger partial charge in [0.15, 0.2) is 0 Å². The van der Waals surface area contributed by atoms with Gasteiger partial charge < -0.3 is 10.6 Å². The molecule has 0 radical (unpaired) electrons. The minimum atomic E-state index is 0.225. The molecule has 0 aromatic heterocycles. The third kappa shape index (κ3) is 2.38. The Kier molecular flexibility index (Phi) is 3.83. The topological polar surface area (TPSA) is 29.3 Å². The van der Waals surface area contributed by atoms with E-state index in [9.17, 15) is 0 Å². The third-order valence-corrected chi connectivity index (χ3v) is 3.40. The number of hydrogen-bond donors (Lipinski definition) is 1. The SMILES string of the molecule is CCCCN1CCCC(N)c2ccccc21. The molecule has 0 fully saturated rings. The second-order valence-corrected chi connectivity index (χ2v) is 4.65. The number of benzene rings is 1. The largest absolute Gasteiger partial charge is 0.371 e. The first-order valence-electron chi connectivity index (χ1n) is 6.42.